The lowest BCUT2D eigenvalue weighted by atomic mass is 9.81. The van der Waals surface area contributed by atoms with Crippen LogP contribution in [0.4, 0.5) is 0 Å². The highest BCUT2D eigenvalue weighted by Crippen LogP contribution is 2.33. The predicted molar refractivity (Wildman–Crippen MR) is 59.0 cm³/mol. The molecule has 0 aromatic rings. The van der Waals surface area contributed by atoms with E-state index in [2.05, 4.69) is 27.7 Å². The fraction of sp³-hybridized carbons (Fsp3) is 0.917. The van der Waals surface area contributed by atoms with Gasteiger partial charge in [-0.25, -0.2) is 0 Å². The summed E-state index contributed by atoms with van der Waals surface area (Å²) in [6.45, 7) is 12.7. The molecular formula is C12H23NO. The zero-order valence-corrected chi connectivity index (χ0v) is 10.1. The molecule has 0 aromatic heterocycles. The van der Waals surface area contributed by atoms with Crippen molar-refractivity contribution < 1.29 is 4.79 Å². The van der Waals surface area contributed by atoms with Gasteiger partial charge in [-0.05, 0) is 23.7 Å². The molecule has 1 aliphatic rings. The van der Waals surface area contributed by atoms with Crippen molar-refractivity contribution in [3.8, 4) is 0 Å². The number of nitrogens with zero attached hydrogens (tertiary/aromatic N) is 1. The molecule has 14 heavy (non-hydrogen) atoms. The molecule has 0 unspecified atom stereocenters. The molecule has 0 N–H and O–H groups in total. The van der Waals surface area contributed by atoms with Crippen LogP contribution in [0.3, 0.4) is 0 Å². The van der Waals surface area contributed by atoms with Crippen molar-refractivity contribution >= 4 is 5.91 Å². The molecule has 0 spiro atoms. The van der Waals surface area contributed by atoms with Crippen molar-refractivity contribution in [1.82, 2.24) is 4.90 Å². The number of rotatable bonds is 1. The van der Waals surface area contributed by atoms with E-state index in [1.54, 1.807) is 6.92 Å². The summed E-state index contributed by atoms with van der Waals surface area (Å²) < 4.78 is 0. The smallest absolute Gasteiger partial charge is 0.219 e. The van der Waals surface area contributed by atoms with Crippen molar-refractivity contribution in [3.63, 3.8) is 0 Å². The first-order valence-electron chi connectivity index (χ1n) is 5.55. The highest BCUT2D eigenvalue weighted by Gasteiger charge is 2.33. The van der Waals surface area contributed by atoms with Crippen LogP contribution < -0.4 is 0 Å². The second-order valence-electron chi connectivity index (χ2n) is 5.93. The number of amides is 1. The van der Waals surface area contributed by atoms with Crippen LogP contribution in [-0.4, -0.2) is 23.9 Å². The van der Waals surface area contributed by atoms with Crippen LogP contribution in [0.15, 0.2) is 0 Å². The average molecular weight is 197 g/mol. The lowest BCUT2D eigenvalue weighted by molar-refractivity contribution is -0.128. The Labute approximate surface area is 87.7 Å². The Hall–Kier alpha value is -0.530. The fourth-order valence-electron chi connectivity index (χ4n) is 2.34. The van der Waals surface area contributed by atoms with Gasteiger partial charge >= 0.3 is 0 Å². The normalized spacial score (nSPS) is 28.2. The van der Waals surface area contributed by atoms with Crippen molar-refractivity contribution in [2.24, 2.45) is 17.3 Å². The zero-order valence-electron chi connectivity index (χ0n) is 10.1. The molecule has 1 heterocycles. The zero-order chi connectivity index (χ0) is 10.9. The fourth-order valence-corrected chi connectivity index (χ4v) is 2.34. The van der Waals surface area contributed by atoms with Crippen molar-refractivity contribution in [2.75, 3.05) is 13.1 Å². The van der Waals surface area contributed by atoms with Crippen LogP contribution >= 0.6 is 0 Å². The molecule has 1 amide bonds. The van der Waals surface area contributed by atoms with E-state index in [0.29, 0.717) is 17.3 Å². The van der Waals surface area contributed by atoms with E-state index in [1.807, 2.05) is 4.90 Å². The summed E-state index contributed by atoms with van der Waals surface area (Å²) in [5, 5.41) is 0. The molecule has 2 heteroatoms. The average Bonchev–Trinajstić information content (AvgIpc) is 2.29. The van der Waals surface area contributed by atoms with Crippen LogP contribution in [0, 0.1) is 17.3 Å². The molecule has 2 nitrogen and oxygen atoms in total. The van der Waals surface area contributed by atoms with Crippen LogP contribution in [-0.2, 0) is 4.79 Å². The van der Waals surface area contributed by atoms with Gasteiger partial charge in [0.25, 0.3) is 0 Å². The monoisotopic (exact) mass is 197 g/mol. The first-order valence-corrected chi connectivity index (χ1v) is 5.55. The van der Waals surface area contributed by atoms with Crippen molar-refractivity contribution in [1.29, 1.82) is 0 Å². The first kappa shape index (κ1) is 11.5. The Kier molecular flexibility index (Phi) is 3.23. The third kappa shape index (κ3) is 3.00. The largest absolute Gasteiger partial charge is 0.342 e. The van der Waals surface area contributed by atoms with E-state index in [-0.39, 0.29) is 5.91 Å². The first-order chi connectivity index (χ1) is 6.29. The summed E-state index contributed by atoms with van der Waals surface area (Å²) in [7, 11) is 0. The summed E-state index contributed by atoms with van der Waals surface area (Å²) in [5.41, 5.74) is 0.381. The summed E-state index contributed by atoms with van der Waals surface area (Å²) in [5.74, 6) is 1.59. The second-order valence-corrected chi connectivity index (χ2v) is 5.93. The maximum Gasteiger partial charge on any atom is 0.219 e. The van der Waals surface area contributed by atoms with Gasteiger partial charge in [0.1, 0.15) is 0 Å². The SMILES string of the molecule is CC(=O)N1C[C@H](CC(C)(C)C)[C@@H](C)C1. The quantitative estimate of drug-likeness (QED) is 0.632. The Morgan fingerprint density at radius 3 is 2.29 bits per heavy atom. The highest BCUT2D eigenvalue weighted by atomic mass is 16.2. The Morgan fingerprint density at radius 2 is 1.93 bits per heavy atom. The van der Waals surface area contributed by atoms with E-state index < -0.39 is 0 Å². The molecule has 82 valence electrons. The third-order valence-corrected chi connectivity index (χ3v) is 3.09. The molecular weight excluding hydrogens is 174 g/mol. The van der Waals surface area contributed by atoms with Crippen LogP contribution in [0.1, 0.15) is 41.0 Å². The van der Waals surface area contributed by atoms with Crippen molar-refractivity contribution in [3.05, 3.63) is 0 Å². The van der Waals surface area contributed by atoms with Crippen molar-refractivity contribution in [2.45, 2.75) is 41.0 Å². The van der Waals surface area contributed by atoms with Gasteiger partial charge in [0.05, 0.1) is 0 Å². The summed E-state index contributed by atoms with van der Waals surface area (Å²) in [6.07, 6.45) is 1.22. The minimum absolute atomic E-state index is 0.230. The number of carbonyl (C=O) groups is 1. The minimum atomic E-state index is 0.230. The molecule has 0 radical (unpaired) electrons. The lowest BCUT2D eigenvalue weighted by Gasteiger charge is -2.24. The van der Waals surface area contributed by atoms with Gasteiger partial charge in [0.15, 0.2) is 0 Å². The van der Waals surface area contributed by atoms with Gasteiger partial charge in [0, 0.05) is 20.0 Å². The molecule has 1 aliphatic heterocycles. The van der Waals surface area contributed by atoms with Gasteiger partial charge in [-0.15, -0.1) is 0 Å². The van der Waals surface area contributed by atoms with E-state index in [0.717, 1.165) is 13.1 Å². The molecule has 0 aliphatic carbocycles. The Morgan fingerprint density at radius 1 is 1.36 bits per heavy atom. The van der Waals surface area contributed by atoms with E-state index in [1.165, 1.54) is 6.42 Å². The van der Waals surface area contributed by atoms with Gasteiger partial charge < -0.3 is 4.90 Å². The van der Waals surface area contributed by atoms with Gasteiger partial charge in [-0.1, -0.05) is 27.7 Å². The summed E-state index contributed by atoms with van der Waals surface area (Å²) in [6, 6.07) is 0. The number of hydrogen-bond donors (Lipinski definition) is 0. The molecule has 1 saturated heterocycles. The summed E-state index contributed by atoms with van der Waals surface area (Å²) in [4.78, 5) is 13.2. The molecule has 0 saturated carbocycles. The minimum Gasteiger partial charge on any atom is -0.342 e. The molecule has 1 rings (SSSR count). The topological polar surface area (TPSA) is 20.3 Å². The molecule has 1 fully saturated rings. The standard InChI is InChI=1S/C12H23NO/c1-9-7-13(10(2)14)8-11(9)6-12(3,4)5/h9,11H,6-8H2,1-5H3/t9-,11-/m0/s1. The molecule has 2 atom stereocenters. The lowest BCUT2D eigenvalue weighted by Crippen LogP contribution is -2.26. The summed E-state index contributed by atoms with van der Waals surface area (Å²) >= 11 is 0. The Bertz CT molecular complexity index is 217. The van der Waals surface area contributed by atoms with Gasteiger partial charge in [0.2, 0.25) is 5.91 Å². The predicted octanol–water partition coefficient (Wildman–Crippen LogP) is 2.54. The van der Waals surface area contributed by atoms with E-state index in [4.69, 9.17) is 0 Å². The van der Waals surface area contributed by atoms with Crippen LogP contribution in [0.25, 0.3) is 0 Å². The maximum absolute atomic E-state index is 11.2. The second kappa shape index (κ2) is 3.92. The van der Waals surface area contributed by atoms with E-state index >= 15 is 0 Å². The van der Waals surface area contributed by atoms with Crippen LogP contribution in [0.2, 0.25) is 0 Å². The number of carbonyl (C=O) groups excluding carboxylic acids is 1. The van der Waals surface area contributed by atoms with Gasteiger partial charge in [-0.3, -0.25) is 4.79 Å². The molecule has 0 aromatic carbocycles. The number of hydrogen-bond acceptors (Lipinski definition) is 1. The number of likely N-dealkylation sites (tertiary alicyclic amines) is 1. The third-order valence-electron chi connectivity index (χ3n) is 3.09. The highest BCUT2D eigenvalue weighted by molar-refractivity contribution is 5.73. The Balaban J connectivity index is 2.53. The van der Waals surface area contributed by atoms with Crippen LogP contribution in [0.5, 0.6) is 0 Å². The maximum atomic E-state index is 11.2. The van der Waals surface area contributed by atoms with Gasteiger partial charge in [-0.2, -0.15) is 0 Å². The van der Waals surface area contributed by atoms with E-state index in [9.17, 15) is 4.79 Å². The molecule has 0 bridgehead atoms.